The van der Waals surface area contributed by atoms with E-state index in [1.807, 2.05) is 6.92 Å². The summed E-state index contributed by atoms with van der Waals surface area (Å²) >= 11 is 0. The van der Waals surface area contributed by atoms with Crippen LogP contribution < -0.4 is 10.5 Å². The van der Waals surface area contributed by atoms with Crippen LogP contribution in [0.3, 0.4) is 0 Å². The van der Waals surface area contributed by atoms with Gasteiger partial charge >= 0.3 is 6.36 Å². The Morgan fingerprint density at radius 1 is 1.33 bits per heavy atom. The van der Waals surface area contributed by atoms with Crippen LogP contribution in [0.15, 0.2) is 18.2 Å². The van der Waals surface area contributed by atoms with Gasteiger partial charge in [-0.3, -0.25) is 0 Å². The van der Waals surface area contributed by atoms with Crippen LogP contribution in [0.4, 0.5) is 17.6 Å². The Morgan fingerprint density at radius 3 is 2.56 bits per heavy atom. The van der Waals surface area contributed by atoms with E-state index in [1.54, 1.807) is 0 Å². The van der Waals surface area contributed by atoms with Crippen molar-refractivity contribution in [2.45, 2.75) is 38.6 Å². The predicted molar refractivity (Wildman–Crippen MR) is 59.5 cm³/mol. The molecule has 0 aliphatic heterocycles. The first-order valence-electron chi connectivity index (χ1n) is 5.64. The van der Waals surface area contributed by atoms with Crippen molar-refractivity contribution >= 4 is 0 Å². The average Bonchev–Trinajstić information content (AvgIpc) is 2.26. The second kappa shape index (κ2) is 6.04. The van der Waals surface area contributed by atoms with E-state index in [9.17, 15) is 17.6 Å². The van der Waals surface area contributed by atoms with Gasteiger partial charge in [-0.1, -0.05) is 19.8 Å². The molecule has 0 aliphatic rings. The highest BCUT2D eigenvalue weighted by Gasteiger charge is 2.31. The fraction of sp³-hybridized carbons (Fsp3) is 0.500. The maximum Gasteiger partial charge on any atom is 0.573 e. The highest BCUT2D eigenvalue weighted by molar-refractivity contribution is 5.32. The number of rotatable bonds is 5. The Balaban J connectivity index is 2.87. The van der Waals surface area contributed by atoms with Gasteiger partial charge in [-0.05, 0) is 24.6 Å². The van der Waals surface area contributed by atoms with Crippen molar-refractivity contribution in [3.63, 3.8) is 0 Å². The summed E-state index contributed by atoms with van der Waals surface area (Å²) in [4.78, 5) is 0. The molecule has 0 heterocycles. The minimum Gasteiger partial charge on any atom is -0.406 e. The summed E-state index contributed by atoms with van der Waals surface area (Å²) in [6.07, 6.45) is -2.61. The number of halogens is 4. The van der Waals surface area contributed by atoms with E-state index in [2.05, 4.69) is 4.74 Å². The van der Waals surface area contributed by atoms with E-state index in [0.29, 0.717) is 6.42 Å². The number of hydrogen-bond donors (Lipinski definition) is 1. The van der Waals surface area contributed by atoms with Crippen molar-refractivity contribution in [3.8, 4) is 5.75 Å². The van der Waals surface area contributed by atoms with E-state index in [0.717, 1.165) is 31.0 Å². The molecule has 2 N–H and O–H groups in total. The second-order valence-electron chi connectivity index (χ2n) is 3.98. The first kappa shape index (κ1) is 14.8. The number of nitrogens with two attached hydrogens (primary N) is 1. The zero-order chi connectivity index (χ0) is 13.8. The summed E-state index contributed by atoms with van der Waals surface area (Å²) in [5.41, 5.74) is 5.78. The lowest BCUT2D eigenvalue weighted by molar-refractivity contribution is -0.274. The van der Waals surface area contributed by atoms with Crippen molar-refractivity contribution in [1.29, 1.82) is 0 Å². The second-order valence-corrected chi connectivity index (χ2v) is 3.98. The third-order valence-corrected chi connectivity index (χ3v) is 2.47. The number of ether oxygens (including phenoxy) is 1. The molecule has 0 bridgehead atoms. The third kappa shape index (κ3) is 4.52. The number of alkyl halides is 3. The lowest BCUT2D eigenvalue weighted by Crippen LogP contribution is -2.18. The molecule has 0 fully saturated rings. The molecule has 0 aliphatic carbocycles. The van der Waals surface area contributed by atoms with E-state index in [1.165, 1.54) is 0 Å². The van der Waals surface area contributed by atoms with Crippen LogP contribution >= 0.6 is 0 Å². The van der Waals surface area contributed by atoms with Gasteiger partial charge < -0.3 is 10.5 Å². The van der Waals surface area contributed by atoms with Gasteiger partial charge in [0.1, 0.15) is 11.6 Å². The van der Waals surface area contributed by atoms with Gasteiger partial charge in [-0.2, -0.15) is 0 Å². The van der Waals surface area contributed by atoms with Crippen molar-refractivity contribution < 1.29 is 22.3 Å². The Kier molecular flexibility index (Phi) is 4.95. The highest BCUT2D eigenvalue weighted by Crippen LogP contribution is 2.28. The fourth-order valence-electron chi connectivity index (χ4n) is 1.58. The first-order chi connectivity index (χ1) is 8.33. The predicted octanol–water partition coefficient (Wildman–Crippen LogP) is 3.91. The fourth-order valence-corrected chi connectivity index (χ4v) is 1.58. The molecule has 1 atom stereocenters. The topological polar surface area (TPSA) is 35.2 Å². The summed E-state index contributed by atoms with van der Waals surface area (Å²) < 4.78 is 53.3. The minimum atomic E-state index is -4.79. The van der Waals surface area contributed by atoms with Crippen LogP contribution in [-0.4, -0.2) is 6.36 Å². The molecular weight excluding hydrogens is 250 g/mol. The molecule has 1 aromatic rings. The van der Waals surface area contributed by atoms with Gasteiger partial charge in [-0.15, -0.1) is 13.2 Å². The van der Waals surface area contributed by atoms with Gasteiger partial charge in [0, 0.05) is 11.6 Å². The van der Waals surface area contributed by atoms with Crippen LogP contribution in [0.25, 0.3) is 0 Å². The molecule has 0 saturated heterocycles. The van der Waals surface area contributed by atoms with E-state index >= 15 is 0 Å². The molecular formula is C12H15F4NO. The van der Waals surface area contributed by atoms with Crippen molar-refractivity contribution in [1.82, 2.24) is 0 Å². The molecule has 0 radical (unpaired) electrons. The zero-order valence-corrected chi connectivity index (χ0v) is 9.93. The average molecular weight is 265 g/mol. The molecule has 102 valence electrons. The summed E-state index contributed by atoms with van der Waals surface area (Å²) in [6.45, 7) is 1.95. The standard InChI is InChI=1S/C12H15F4NO/c1-2-3-4-11(17)9-7-8(5-6-10(9)13)18-12(14,15)16/h5-7,11H,2-4,17H2,1H3/t11-/m1/s1. The summed E-state index contributed by atoms with van der Waals surface area (Å²) in [7, 11) is 0. The lowest BCUT2D eigenvalue weighted by Gasteiger charge is -2.15. The minimum absolute atomic E-state index is 0.0465. The van der Waals surface area contributed by atoms with Crippen LogP contribution in [0.2, 0.25) is 0 Å². The van der Waals surface area contributed by atoms with Gasteiger partial charge in [-0.25, -0.2) is 4.39 Å². The highest BCUT2D eigenvalue weighted by atomic mass is 19.4. The van der Waals surface area contributed by atoms with Crippen LogP contribution in [0.5, 0.6) is 5.75 Å². The number of unbranched alkanes of at least 4 members (excludes halogenated alkanes) is 1. The van der Waals surface area contributed by atoms with Crippen LogP contribution in [-0.2, 0) is 0 Å². The summed E-state index contributed by atoms with van der Waals surface area (Å²) in [5.74, 6) is -1.07. The Morgan fingerprint density at radius 2 is 2.00 bits per heavy atom. The Bertz CT molecular complexity index is 392. The smallest absolute Gasteiger partial charge is 0.406 e. The lowest BCUT2D eigenvalue weighted by atomic mass is 10.0. The molecule has 1 rings (SSSR count). The van der Waals surface area contributed by atoms with Gasteiger partial charge in [0.05, 0.1) is 0 Å². The van der Waals surface area contributed by atoms with E-state index < -0.39 is 24.0 Å². The quantitative estimate of drug-likeness (QED) is 0.819. The Labute approximate surface area is 103 Å². The molecule has 0 spiro atoms. The number of benzene rings is 1. The molecule has 1 aromatic carbocycles. The maximum atomic E-state index is 13.5. The third-order valence-electron chi connectivity index (χ3n) is 2.47. The Hall–Kier alpha value is -1.30. The molecule has 18 heavy (non-hydrogen) atoms. The van der Waals surface area contributed by atoms with Gasteiger partial charge in [0.25, 0.3) is 0 Å². The maximum absolute atomic E-state index is 13.5. The molecule has 0 amide bonds. The van der Waals surface area contributed by atoms with Crippen LogP contribution in [0, 0.1) is 5.82 Å². The molecule has 6 heteroatoms. The van der Waals surface area contributed by atoms with Crippen molar-refractivity contribution in [2.24, 2.45) is 5.73 Å². The largest absolute Gasteiger partial charge is 0.573 e. The SMILES string of the molecule is CCCC[C@@H](N)c1cc(OC(F)(F)F)ccc1F. The van der Waals surface area contributed by atoms with Crippen molar-refractivity contribution in [2.75, 3.05) is 0 Å². The first-order valence-corrected chi connectivity index (χ1v) is 5.64. The molecule has 0 aromatic heterocycles. The van der Waals surface area contributed by atoms with Gasteiger partial charge in [0.15, 0.2) is 0 Å². The molecule has 0 saturated carbocycles. The zero-order valence-electron chi connectivity index (χ0n) is 9.93. The van der Waals surface area contributed by atoms with E-state index in [-0.39, 0.29) is 5.56 Å². The van der Waals surface area contributed by atoms with Crippen LogP contribution in [0.1, 0.15) is 37.8 Å². The number of hydrogen-bond acceptors (Lipinski definition) is 2. The van der Waals surface area contributed by atoms with Crippen molar-refractivity contribution in [3.05, 3.63) is 29.6 Å². The summed E-state index contributed by atoms with van der Waals surface area (Å²) in [5, 5.41) is 0. The molecule has 0 unspecified atom stereocenters. The normalized spacial score (nSPS) is 13.4. The van der Waals surface area contributed by atoms with E-state index in [4.69, 9.17) is 5.73 Å². The van der Waals surface area contributed by atoms with Gasteiger partial charge in [0.2, 0.25) is 0 Å². The molecule has 2 nitrogen and oxygen atoms in total. The monoisotopic (exact) mass is 265 g/mol. The summed E-state index contributed by atoms with van der Waals surface area (Å²) in [6, 6.07) is 2.24.